The maximum absolute atomic E-state index is 12.8. The Morgan fingerprint density at radius 2 is 2.14 bits per heavy atom. The first-order valence-electron chi connectivity index (χ1n) is 4.04. The summed E-state index contributed by atoms with van der Waals surface area (Å²) in [5, 5.41) is 0. The first-order valence-corrected chi connectivity index (χ1v) is 4.04. The Kier molecular flexibility index (Phi) is 2.36. The molecule has 0 unspecified atom stereocenters. The summed E-state index contributed by atoms with van der Waals surface area (Å²) in [6.45, 7) is 0. The number of halogens is 1. The van der Waals surface area contributed by atoms with Crippen LogP contribution in [-0.2, 0) is 0 Å². The third-order valence-electron chi connectivity index (χ3n) is 1.57. The minimum Gasteiger partial charge on any atom is -0.439 e. The maximum Gasteiger partial charge on any atom is 0.222 e. The molecule has 1 heterocycles. The first-order chi connectivity index (χ1) is 6.84. The van der Waals surface area contributed by atoms with Gasteiger partial charge in [-0.25, -0.2) is 14.4 Å². The number of benzene rings is 1. The zero-order valence-electron chi connectivity index (χ0n) is 7.22. The van der Waals surface area contributed by atoms with Crippen molar-refractivity contribution in [3.63, 3.8) is 0 Å². The molecule has 1 aromatic carbocycles. The van der Waals surface area contributed by atoms with Crippen molar-refractivity contribution in [2.45, 2.75) is 0 Å². The van der Waals surface area contributed by atoms with Crippen molar-refractivity contribution >= 4 is 0 Å². The van der Waals surface area contributed by atoms with Gasteiger partial charge in [0, 0.05) is 18.3 Å². The Balaban J connectivity index is 2.19. The van der Waals surface area contributed by atoms with E-state index in [0.717, 1.165) is 0 Å². The van der Waals surface area contributed by atoms with Gasteiger partial charge in [0.15, 0.2) is 0 Å². The van der Waals surface area contributed by atoms with Crippen LogP contribution >= 0.6 is 0 Å². The molecule has 0 saturated carbocycles. The zero-order chi connectivity index (χ0) is 9.80. The summed E-state index contributed by atoms with van der Waals surface area (Å²) in [6, 6.07) is 7.48. The van der Waals surface area contributed by atoms with E-state index in [1.165, 1.54) is 18.5 Å². The van der Waals surface area contributed by atoms with Gasteiger partial charge < -0.3 is 4.74 Å². The molecule has 0 radical (unpaired) electrons. The summed E-state index contributed by atoms with van der Waals surface area (Å²) in [6.07, 6.45) is 2.93. The highest BCUT2D eigenvalue weighted by molar-refractivity contribution is 5.26. The van der Waals surface area contributed by atoms with Crippen LogP contribution < -0.4 is 4.74 Å². The van der Waals surface area contributed by atoms with Gasteiger partial charge in [-0.15, -0.1) is 0 Å². The van der Waals surface area contributed by atoms with Gasteiger partial charge in [-0.3, -0.25) is 0 Å². The van der Waals surface area contributed by atoms with E-state index in [9.17, 15) is 4.39 Å². The van der Waals surface area contributed by atoms with E-state index in [1.807, 2.05) is 0 Å². The molecule has 0 aliphatic carbocycles. The van der Waals surface area contributed by atoms with E-state index >= 15 is 0 Å². The van der Waals surface area contributed by atoms with E-state index in [1.54, 1.807) is 24.4 Å². The van der Waals surface area contributed by atoms with Crippen molar-refractivity contribution in [3.8, 4) is 11.6 Å². The predicted molar refractivity (Wildman–Crippen MR) is 48.5 cm³/mol. The molecular weight excluding hydrogens is 183 g/mol. The van der Waals surface area contributed by atoms with Crippen LogP contribution in [0, 0.1) is 5.82 Å². The summed E-state index contributed by atoms with van der Waals surface area (Å²) in [4.78, 5) is 7.59. The largest absolute Gasteiger partial charge is 0.439 e. The number of aromatic nitrogens is 2. The highest BCUT2D eigenvalue weighted by Crippen LogP contribution is 2.18. The van der Waals surface area contributed by atoms with Crippen LogP contribution in [0.25, 0.3) is 0 Å². The molecule has 0 aliphatic rings. The molecule has 0 spiro atoms. The average molecular weight is 190 g/mol. The number of hydrogen-bond donors (Lipinski definition) is 0. The molecule has 0 aliphatic heterocycles. The third-order valence-corrected chi connectivity index (χ3v) is 1.57. The lowest BCUT2D eigenvalue weighted by Crippen LogP contribution is -1.88. The molecule has 0 atom stereocenters. The topological polar surface area (TPSA) is 35.0 Å². The smallest absolute Gasteiger partial charge is 0.222 e. The fourth-order valence-corrected chi connectivity index (χ4v) is 0.990. The van der Waals surface area contributed by atoms with Gasteiger partial charge in [0.2, 0.25) is 5.88 Å². The quantitative estimate of drug-likeness (QED) is 0.729. The van der Waals surface area contributed by atoms with E-state index < -0.39 is 0 Å². The summed E-state index contributed by atoms with van der Waals surface area (Å²) in [5.41, 5.74) is 0. The molecule has 4 heteroatoms. The number of hydrogen-bond acceptors (Lipinski definition) is 3. The molecule has 0 amide bonds. The maximum atomic E-state index is 12.8. The fourth-order valence-electron chi connectivity index (χ4n) is 0.990. The second kappa shape index (κ2) is 3.83. The van der Waals surface area contributed by atoms with Crippen molar-refractivity contribution in [3.05, 3.63) is 48.7 Å². The average Bonchev–Trinajstić information content (AvgIpc) is 2.19. The lowest BCUT2D eigenvalue weighted by molar-refractivity contribution is 0.456. The molecule has 2 aromatic rings. The summed E-state index contributed by atoms with van der Waals surface area (Å²) >= 11 is 0. The van der Waals surface area contributed by atoms with E-state index in [-0.39, 0.29) is 5.82 Å². The lowest BCUT2D eigenvalue weighted by Gasteiger charge is -2.02. The molecule has 14 heavy (non-hydrogen) atoms. The second-order valence-corrected chi connectivity index (χ2v) is 2.61. The van der Waals surface area contributed by atoms with Crippen LogP contribution in [0.5, 0.6) is 11.6 Å². The van der Waals surface area contributed by atoms with Gasteiger partial charge in [-0.2, -0.15) is 0 Å². The fraction of sp³-hybridized carbons (Fsp3) is 0. The summed E-state index contributed by atoms with van der Waals surface area (Å²) in [5.74, 6) is 0.478. The van der Waals surface area contributed by atoms with Crippen molar-refractivity contribution in [2.75, 3.05) is 0 Å². The highest BCUT2D eigenvalue weighted by atomic mass is 19.1. The van der Waals surface area contributed by atoms with Crippen molar-refractivity contribution in [2.24, 2.45) is 0 Å². The molecule has 0 saturated heterocycles. The molecule has 70 valence electrons. The first kappa shape index (κ1) is 8.62. The summed E-state index contributed by atoms with van der Waals surface area (Å²) in [7, 11) is 0. The van der Waals surface area contributed by atoms with Gasteiger partial charge >= 0.3 is 0 Å². The van der Waals surface area contributed by atoms with E-state index in [4.69, 9.17) is 4.74 Å². The van der Waals surface area contributed by atoms with Crippen LogP contribution in [0.15, 0.2) is 42.9 Å². The summed E-state index contributed by atoms with van der Waals surface area (Å²) < 4.78 is 18.0. The van der Waals surface area contributed by atoms with Crippen LogP contribution in [0.2, 0.25) is 0 Å². The molecular formula is C10H7FN2O. The third kappa shape index (κ3) is 2.04. The van der Waals surface area contributed by atoms with Crippen molar-refractivity contribution in [1.29, 1.82) is 0 Å². The highest BCUT2D eigenvalue weighted by Gasteiger charge is 1.98. The van der Waals surface area contributed by atoms with Crippen molar-refractivity contribution < 1.29 is 9.13 Å². The van der Waals surface area contributed by atoms with Crippen LogP contribution in [-0.4, -0.2) is 9.97 Å². The van der Waals surface area contributed by atoms with Gasteiger partial charge in [-0.1, -0.05) is 6.07 Å². The minimum absolute atomic E-state index is 0.337. The molecule has 0 N–H and O–H groups in total. The Labute approximate surface area is 80.2 Å². The SMILES string of the molecule is Fc1cccc(Oc2ccncn2)c1. The lowest BCUT2D eigenvalue weighted by atomic mass is 10.3. The predicted octanol–water partition coefficient (Wildman–Crippen LogP) is 2.41. The van der Waals surface area contributed by atoms with Crippen LogP contribution in [0.3, 0.4) is 0 Å². The molecule has 3 nitrogen and oxygen atoms in total. The normalized spacial score (nSPS) is 9.79. The Morgan fingerprint density at radius 1 is 1.21 bits per heavy atom. The van der Waals surface area contributed by atoms with E-state index in [0.29, 0.717) is 11.6 Å². The van der Waals surface area contributed by atoms with E-state index in [2.05, 4.69) is 9.97 Å². The zero-order valence-corrected chi connectivity index (χ0v) is 7.22. The van der Waals surface area contributed by atoms with Gasteiger partial charge in [-0.05, 0) is 12.1 Å². The number of rotatable bonds is 2. The monoisotopic (exact) mass is 190 g/mol. The molecule has 0 bridgehead atoms. The van der Waals surface area contributed by atoms with Gasteiger partial charge in [0.25, 0.3) is 0 Å². The molecule has 1 aromatic heterocycles. The van der Waals surface area contributed by atoms with Crippen LogP contribution in [0.4, 0.5) is 4.39 Å². The number of ether oxygens (including phenoxy) is 1. The molecule has 0 fully saturated rings. The minimum atomic E-state index is -0.337. The number of nitrogens with zero attached hydrogens (tertiary/aromatic N) is 2. The van der Waals surface area contributed by atoms with Gasteiger partial charge in [0.05, 0.1) is 0 Å². The standard InChI is InChI=1S/C10H7FN2O/c11-8-2-1-3-9(6-8)14-10-4-5-12-7-13-10/h1-7H. The Hall–Kier alpha value is -1.97. The van der Waals surface area contributed by atoms with Crippen molar-refractivity contribution in [1.82, 2.24) is 9.97 Å². The van der Waals surface area contributed by atoms with Gasteiger partial charge in [0.1, 0.15) is 17.9 Å². The Bertz CT molecular complexity index is 419. The second-order valence-electron chi connectivity index (χ2n) is 2.61. The Morgan fingerprint density at radius 3 is 2.86 bits per heavy atom. The van der Waals surface area contributed by atoms with Crippen LogP contribution in [0.1, 0.15) is 0 Å². The molecule has 2 rings (SSSR count).